The summed E-state index contributed by atoms with van der Waals surface area (Å²) >= 11 is 0. The molecule has 162 valence electrons. The summed E-state index contributed by atoms with van der Waals surface area (Å²) in [5.74, 6) is -0.931. The van der Waals surface area contributed by atoms with Gasteiger partial charge < -0.3 is 14.6 Å². The lowest BCUT2D eigenvalue weighted by molar-refractivity contribution is -0.137. The van der Waals surface area contributed by atoms with E-state index in [1.807, 2.05) is 0 Å². The molecule has 8 heteroatoms. The average Bonchev–Trinajstić information content (AvgIpc) is 3.02. The predicted molar refractivity (Wildman–Crippen MR) is 111 cm³/mol. The molecule has 31 heavy (non-hydrogen) atoms. The Bertz CT molecular complexity index is 1120. The van der Waals surface area contributed by atoms with E-state index in [0.717, 1.165) is 6.07 Å². The lowest BCUT2D eigenvalue weighted by atomic mass is 10.1. The Labute approximate surface area is 177 Å². The van der Waals surface area contributed by atoms with Crippen molar-refractivity contribution in [2.24, 2.45) is 0 Å². The van der Waals surface area contributed by atoms with E-state index in [4.69, 9.17) is 4.74 Å². The fraction of sp³-hybridized carbons (Fsp3) is 0.217. The number of esters is 1. The smallest absolute Gasteiger partial charge is 0.418 e. The molecule has 1 heterocycles. The number of amides is 1. The summed E-state index contributed by atoms with van der Waals surface area (Å²) in [7, 11) is 0. The zero-order chi connectivity index (χ0) is 22.8. The molecule has 0 atom stereocenters. The van der Waals surface area contributed by atoms with Crippen LogP contribution in [-0.4, -0.2) is 23.1 Å². The molecule has 0 aliphatic carbocycles. The van der Waals surface area contributed by atoms with Crippen molar-refractivity contribution >= 4 is 17.6 Å². The molecular formula is C23H21F3N2O3. The summed E-state index contributed by atoms with van der Waals surface area (Å²) in [6.45, 7) is 5.20. The molecule has 0 spiro atoms. The second kappa shape index (κ2) is 8.67. The Balaban J connectivity index is 1.89. The molecule has 1 aromatic heterocycles. The van der Waals surface area contributed by atoms with Crippen LogP contribution in [0.4, 0.5) is 18.9 Å². The van der Waals surface area contributed by atoms with Gasteiger partial charge in [0.2, 0.25) is 0 Å². The van der Waals surface area contributed by atoms with Crippen molar-refractivity contribution in [1.82, 2.24) is 4.57 Å². The number of halogens is 3. The van der Waals surface area contributed by atoms with Gasteiger partial charge in [0.15, 0.2) is 0 Å². The zero-order valence-corrected chi connectivity index (χ0v) is 17.2. The summed E-state index contributed by atoms with van der Waals surface area (Å²) < 4.78 is 46.7. The van der Waals surface area contributed by atoms with Crippen LogP contribution in [0.5, 0.6) is 0 Å². The minimum atomic E-state index is -4.52. The number of ether oxygens (including phenoxy) is 1. The molecule has 3 aromatic rings. The standard InChI is InChI=1S/C23H21F3N2O3/c1-4-31-22(30)16-9-11-17(12-10-16)27-21(29)18-13-14(2)28(15(18)3)20-8-6-5-7-19(20)23(24,25)26/h5-13H,4H2,1-3H3,(H,27,29). The number of hydrogen-bond acceptors (Lipinski definition) is 3. The SMILES string of the molecule is CCOC(=O)c1ccc(NC(=O)c2cc(C)n(-c3ccccc3C(F)(F)F)c2C)cc1. The van der Waals surface area contributed by atoms with Crippen molar-refractivity contribution in [2.75, 3.05) is 11.9 Å². The van der Waals surface area contributed by atoms with E-state index in [1.54, 1.807) is 39.0 Å². The summed E-state index contributed by atoms with van der Waals surface area (Å²) in [5.41, 5.74) is 1.11. The van der Waals surface area contributed by atoms with Crippen LogP contribution in [0.15, 0.2) is 54.6 Å². The van der Waals surface area contributed by atoms with Crippen LogP contribution in [0.2, 0.25) is 0 Å². The first-order valence-corrected chi connectivity index (χ1v) is 9.57. The largest absolute Gasteiger partial charge is 0.462 e. The van der Waals surface area contributed by atoms with Crippen LogP contribution in [0.3, 0.4) is 0 Å². The number of aromatic nitrogens is 1. The Morgan fingerprint density at radius 1 is 1.03 bits per heavy atom. The number of nitrogens with one attached hydrogen (secondary N) is 1. The molecule has 0 saturated carbocycles. The van der Waals surface area contributed by atoms with Gasteiger partial charge in [0.05, 0.1) is 29.0 Å². The van der Waals surface area contributed by atoms with Crippen LogP contribution in [0.1, 0.15) is 44.6 Å². The molecule has 0 aliphatic heterocycles. The predicted octanol–water partition coefficient (Wildman–Crippen LogP) is 5.54. The molecule has 0 unspecified atom stereocenters. The summed E-state index contributed by atoms with van der Waals surface area (Å²) in [6, 6.07) is 12.9. The molecule has 0 fully saturated rings. The molecule has 1 amide bonds. The van der Waals surface area contributed by atoms with Gasteiger partial charge in [-0.3, -0.25) is 4.79 Å². The number of carbonyl (C=O) groups excluding carboxylic acids is 2. The van der Waals surface area contributed by atoms with Crippen molar-refractivity contribution in [3.8, 4) is 5.69 Å². The number of aryl methyl sites for hydroxylation is 1. The van der Waals surface area contributed by atoms with Gasteiger partial charge in [0.1, 0.15) is 0 Å². The fourth-order valence-corrected chi connectivity index (χ4v) is 3.37. The van der Waals surface area contributed by atoms with E-state index in [-0.39, 0.29) is 17.9 Å². The van der Waals surface area contributed by atoms with E-state index in [9.17, 15) is 22.8 Å². The number of hydrogen-bond donors (Lipinski definition) is 1. The van der Waals surface area contributed by atoms with Gasteiger partial charge in [0, 0.05) is 17.1 Å². The van der Waals surface area contributed by atoms with Crippen molar-refractivity contribution in [3.63, 3.8) is 0 Å². The van der Waals surface area contributed by atoms with Crippen molar-refractivity contribution in [2.45, 2.75) is 26.9 Å². The van der Waals surface area contributed by atoms with Crippen LogP contribution in [0, 0.1) is 13.8 Å². The van der Waals surface area contributed by atoms with Crippen LogP contribution >= 0.6 is 0 Å². The molecule has 0 radical (unpaired) electrons. The van der Waals surface area contributed by atoms with Gasteiger partial charge in [-0.25, -0.2) is 4.79 Å². The third-order valence-electron chi connectivity index (χ3n) is 4.78. The highest BCUT2D eigenvalue weighted by Gasteiger charge is 2.34. The second-order valence-electron chi connectivity index (χ2n) is 6.89. The third kappa shape index (κ3) is 4.63. The van der Waals surface area contributed by atoms with E-state index < -0.39 is 23.6 Å². The maximum Gasteiger partial charge on any atom is 0.418 e. The molecule has 5 nitrogen and oxygen atoms in total. The first-order valence-electron chi connectivity index (χ1n) is 9.57. The number of carbonyl (C=O) groups is 2. The zero-order valence-electron chi connectivity index (χ0n) is 17.2. The van der Waals surface area contributed by atoms with E-state index in [0.29, 0.717) is 22.6 Å². The lowest BCUT2D eigenvalue weighted by Crippen LogP contribution is -2.15. The molecule has 0 saturated heterocycles. The maximum atomic E-state index is 13.5. The van der Waals surface area contributed by atoms with Crippen LogP contribution < -0.4 is 5.32 Å². The Morgan fingerprint density at radius 3 is 2.29 bits per heavy atom. The number of rotatable bonds is 5. The average molecular weight is 430 g/mol. The molecule has 1 N–H and O–H groups in total. The maximum absolute atomic E-state index is 13.5. The van der Waals surface area contributed by atoms with E-state index >= 15 is 0 Å². The Hall–Kier alpha value is -3.55. The number of nitrogens with zero attached hydrogens (tertiary/aromatic N) is 1. The number of benzene rings is 2. The van der Waals surface area contributed by atoms with Gasteiger partial charge >= 0.3 is 12.1 Å². The third-order valence-corrected chi connectivity index (χ3v) is 4.78. The Morgan fingerprint density at radius 2 is 1.68 bits per heavy atom. The first kappa shape index (κ1) is 22.1. The molecule has 0 aliphatic rings. The first-order chi connectivity index (χ1) is 14.6. The fourth-order valence-electron chi connectivity index (χ4n) is 3.37. The molecule has 0 bridgehead atoms. The van der Waals surface area contributed by atoms with Gasteiger partial charge in [-0.2, -0.15) is 13.2 Å². The summed E-state index contributed by atoms with van der Waals surface area (Å²) in [6.07, 6.45) is -4.52. The molecule has 3 rings (SSSR count). The Kier molecular flexibility index (Phi) is 6.19. The van der Waals surface area contributed by atoms with Gasteiger partial charge in [-0.15, -0.1) is 0 Å². The highest BCUT2D eigenvalue weighted by atomic mass is 19.4. The number of alkyl halides is 3. The van der Waals surface area contributed by atoms with Crippen molar-refractivity contribution < 1.29 is 27.5 Å². The normalized spacial score (nSPS) is 11.3. The topological polar surface area (TPSA) is 60.3 Å². The monoisotopic (exact) mass is 430 g/mol. The molecular weight excluding hydrogens is 409 g/mol. The number of para-hydroxylation sites is 1. The van der Waals surface area contributed by atoms with Crippen LogP contribution in [0.25, 0.3) is 5.69 Å². The minimum absolute atomic E-state index is 0.0390. The van der Waals surface area contributed by atoms with Gasteiger partial charge in [0.25, 0.3) is 5.91 Å². The highest BCUT2D eigenvalue weighted by Crippen LogP contribution is 2.35. The van der Waals surface area contributed by atoms with Crippen LogP contribution in [-0.2, 0) is 10.9 Å². The van der Waals surface area contributed by atoms with E-state index in [1.165, 1.54) is 34.9 Å². The second-order valence-corrected chi connectivity index (χ2v) is 6.89. The van der Waals surface area contributed by atoms with Gasteiger partial charge in [-0.05, 0) is 63.2 Å². The van der Waals surface area contributed by atoms with E-state index in [2.05, 4.69) is 5.32 Å². The minimum Gasteiger partial charge on any atom is -0.462 e. The number of anilines is 1. The quantitative estimate of drug-likeness (QED) is 0.541. The lowest BCUT2D eigenvalue weighted by Gasteiger charge is -2.16. The molecule has 2 aromatic carbocycles. The highest BCUT2D eigenvalue weighted by molar-refractivity contribution is 6.05. The van der Waals surface area contributed by atoms with Crippen molar-refractivity contribution in [1.29, 1.82) is 0 Å². The van der Waals surface area contributed by atoms with Gasteiger partial charge in [-0.1, -0.05) is 12.1 Å². The summed E-state index contributed by atoms with van der Waals surface area (Å²) in [4.78, 5) is 24.5. The van der Waals surface area contributed by atoms with Crippen molar-refractivity contribution in [3.05, 3.63) is 82.7 Å². The summed E-state index contributed by atoms with van der Waals surface area (Å²) in [5, 5.41) is 2.71.